The third-order valence-electron chi connectivity index (χ3n) is 2.40. The minimum Gasteiger partial charge on any atom is -0.306 e. The van der Waals surface area contributed by atoms with E-state index >= 15 is 0 Å². The van der Waals surface area contributed by atoms with Crippen molar-refractivity contribution >= 4 is 0 Å². The Balaban J connectivity index is 2.38. The minimum absolute atomic E-state index is 0.676. The van der Waals surface area contributed by atoms with Crippen LogP contribution in [0.2, 0.25) is 0 Å². The fourth-order valence-electron chi connectivity index (χ4n) is 1.78. The molecule has 1 aromatic heterocycles. The van der Waals surface area contributed by atoms with Crippen LogP contribution >= 0.6 is 0 Å². The second-order valence-electron chi connectivity index (χ2n) is 4.20. The smallest absolute Gasteiger partial charge is 0.0991 e. The summed E-state index contributed by atoms with van der Waals surface area (Å²) in [6.45, 7) is 4.48. The average molecular weight is 200 g/mol. The number of imidazole rings is 1. The number of nitrogens with zero attached hydrogens (tertiary/aromatic N) is 2. The van der Waals surface area contributed by atoms with E-state index in [0.29, 0.717) is 5.92 Å². The van der Waals surface area contributed by atoms with E-state index in [9.17, 15) is 0 Å². The van der Waals surface area contributed by atoms with E-state index in [1.54, 1.807) is 0 Å². The Hall–Kier alpha value is -1.57. The first kappa shape index (κ1) is 9.97. The second-order valence-corrected chi connectivity index (χ2v) is 4.20. The molecule has 0 aliphatic rings. The lowest BCUT2D eigenvalue weighted by molar-refractivity contribution is 0.644. The van der Waals surface area contributed by atoms with Gasteiger partial charge < -0.3 is 4.57 Å². The van der Waals surface area contributed by atoms with Crippen molar-refractivity contribution in [3.63, 3.8) is 0 Å². The third kappa shape index (κ3) is 2.27. The standard InChI is InChI=1S/C13H16N2/c1-11(2)9-12-5-3-4-6-13(12)15-8-7-14-10-15/h3-8,10-11H,9H2,1-2H3. The van der Waals surface area contributed by atoms with Crippen molar-refractivity contribution in [2.45, 2.75) is 20.3 Å². The molecule has 0 atom stereocenters. The maximum atomic E-state index is 4.08. The monoisotopic (exact) mass is 200 g/mol. The number of hydrogen-bond acceptors (Lipinski definition) is 1. The molecule has 0 saturated carbocycles. The minimum atomic E-state index is 0.676. The number of para-hydroxylation sites is 1. The summed E-state index contributed by atoms with van der Waals surface area (Å²) in [5, 5.41) is 0. The predicted molar refractivity (Wildman–Crippen MR) is 62.1 cm³/mol. The van der Waals surface area contributed by atoms with E-state index in [1.807, 2.05) is 18.7 Å². The highest BCUT2D eigenvalue weighted by molar-refractivity contribution is 5.41. The van der Waals surface area contributed by atoms with Crippen LogP contribution < -0.4 is 0 Å². The lowest BCUT2D eigenvalue weighted by atomic mass is 10.0. The van der Waals surface area contributed by atoms with Crippen LogP contribution in [-0.4, -0.2) is 9.55 Å². The van der Waals surface area contributed by atoms with E-state index < -0.39 is 0 Å². The molecular formula is C13H16N2. The zero-order valence-electron chi connectivity index (χ0n) is 9.22. The molecule has 1 aromatic carbocycles. The van der Waals surface area contributed by atoms with Gasteiger partial charge in [0.05, 0.1) is 6.33 Å². The molecule has 2 rings (SSSR count). The summed E-state index contributed by atoms with van der Waals surface area (Å²) in [7, 11) is 0. The highest BCUT2D eigenvalue weighted by atomic mass is 15.0. The molecule has 0 N–H and O–H groups in total. The molecule has 0 saturated heterocycles. The molecule has 2 aromatic rings. The van der Waals surface area contributed by atoms with Gasteiger partial charge in [0.25, 0.3) is 0 Å². The van der Waals surface area contributed by atoms with Crippen molar-refractivity contribution in [2.24, 2.45) is 5.92 Å². The van der Waals surface area contributed by atoms with Gasteiger partial charge in [0, 0.05) is 18.1 Å². The van der Waals surface area contributed by atoms with Crippen LogP contribution in [0.1, 0.15) is 19.4 Å². The molecule has 0 spiro atoms. The Labute approximate surface area is 90.6 Å². The molecule has 0 unspecified atom stereocenters. The van der Waals surface area contributed by atoms with Crippen molar-refractivity contribution in [3.05, 3.63) is 48.5 Å². The van der Waals surface area contributed by atoms with Crippen LogP contribution in [-0.2, 0) is 6.42 Å². The van der Waals surface area contributed by atoms with Crippen LogP contribution in [0.15, 0.2) is 43.0 Å². The van der Waals surface area contributed by atoms with Gasteiger partial charge in [-0.05, 0) is 24.0 Å². The van der Waals surface area contributed by atoms with Crippen LogP contribution in [0, 0.1) is 5.92 Å². The summed E-state index contributed by atoms with van der Waals surface area (Å²) in [5.41, 5.74) is 2.62. The number of aromatic nitrogens is 2. The molecule has 2 heteroatoms. The Bertz CT molecular complexity index is 416. The van der Waals surface area contributed by atoms with Gasteiger partial charge in [-0.1, -0.05) is 32.0 Å². The molecule has 15 heavy (non-hydrogen) atoms. The summed E-state index contributed by atoms with van der Waals surface area (Å²) in [4.78, 5) is 4.08. The van der Waals surface area contributed by atoms with Crippen LogP contribution in [0.5, 0.6) is 0 Å². The lowest BCUT2D eigenvalue weighted by Crippen LogP contribution is -2.01. The maximum absolute atomic E-state index is 4.08. The first-order chi connectivity index (χ1) is 7.27. The predicted octanol–water partition coefficient (Wildman–Crippen LogP) is 3.07. The molecule has 0 bridgehead atoms. The van der Waals surface area contributed by atoms with Gasteiger partial charge in [-0.2, -0.15) is 0 Å². The largest absolute Gasteiger partial charge is 0.306 e. The van der Waals surface area contributed by atoms with E-state index in [0.717, 1.165) is 6.42 Å². The lowest BCUT2D eigenvalue weighted by Gasteiger charge is -2.11. The second kappa shape index (κ2) is 4.30. The molecule has 78 valence electrons. The highest BCUT2D eigenvalue weighted by Gasteiger charge is 2.04. The van der Waals surface area contributed by atoms with Crippen molar-refractivity contribution in [3.8, 4) is 5.69 Å². The molecule has 0 radical (unpaired) electrons. The zero-order chi connectivity index (χ0) is 10.7. The van der Waals surface area contributed by atoms with E-state index in [-0.39, 0.29) is 0 Å². The number of benzene rings is 1. The maximum Gasteiger partial charge on any atom is 0.0991 e. The van der Waals surface area contributed by atoms with Gasteiger partial charge in [0.15, 0.2) is 0 Å². The van der Waals surface area contributed by atoms with Crippen molar-refractivity contribution in [1.29, 1.82) is 0 Å². The summed E-state index contributed by atoms with van der Waals surface area (Å²) < 4.78 is 2.07. The van der Waals surface area contributed by atoms with Crippen molar-refractivity contribution in [2.75, 3.05) is 0 Å². The van der Waals surface area contributed by atoms with Crippen molar-refractivity contribution < 1.29 is 0 Å². The van der Waals surface area contributed by atoms with Gasteiger partial charge in [-0.3, -0.25) is 0 Å². The fraction of sp³-hybridized carbons (Fsp3) is 0.308. The van der Waals surface area contributed by atoms with E-state index in [2.05, 4.69) is 47.7 Å². The van der Waals surface area contributed by atoms with Gasteiger partial charge in [0.1, 0.15) is 0 Å². The summed E-state index contributed by atoms with van der Waals surface area (Å²) >= 11 is 0. The SMILES string of the molecule is CC(C)Cc1ccccc1-n1ccnc1. The van der Waals surface area contributed by atoms with Crippen LogP contribution in [0.4, 0.5) is 0 Å². The van der Waals surface area contributed by atoms with E-state index in [4.69, 9.17) is 0 Å². The molecule has 0 fully saturated rings. The first-order valence-corrected chi connectivity index (χ1v) is 5.33. The Morgan fingerprint density at radius 1 is 1.27 bits per heavy atom. The van der Waals surface area contributed by atoms with Gasteiger partial charge >= 0.3 is 0 Å². The van der Waals surface area contributed by atoms with Crippen LogP contribution in [0.25, 0.3) is 5.69 Å². The third-order valence-corrected chi connectivity index (χ3v) is 2.40. The number of rotatable bonds is 3. The van der Waals surface area contributed by atoms with E-state index in [1.165, 1.54) is 11.3 Å². The summed E-state index contributed by atoms with van der Waals surface area (Å²) in [6.07, 6.45) is 6.75. The first-order valence-electron chi connectivity index (χ1n) is 5.33. The molecule has 1 heterocycles. The quantitative estimate of drug-likeness (QED) is 0.744. The molecule has 2 nitrogen and oxygen atoms in total. The Kier molecular flexibility index (Phi) is 2.86. The summed E-state index contributed by atoms with van der Waals surface area (Å²) in [5.74, 6) is 0.676. The highest BCUT2D eigenvalue weighted by Crippen LogP contribution is 2.17. The normalized spacial score (nSPS) is 10.9. The van der Waals surface area contributed by atoms with Gasteiger partial charge in [-0.25, -0.2) is 4.98 Å². The molecule has 0 amide bonds. The zero-order valence-corrected chi connectivity index (χ0v) is 9.22. The molecular weight excluding hydrogens is 184 g/mol. The topological polar surface area (TPSA) is 17.8 Å². The van der Waals surface area contributed by atoms with Gasteiger partial charge in [-0.15, -0.1) is 0 Å². The Morgan fingerprint density at radius 3 is 2.73 bits per heavy atom. The Morgan fingerprint density at radius 2 is 2.07 bits per heavy atom. The fourth-order valence-corrected chi connectivity index (χ4v) is 1.78. The summed E-state index contributed by atoms with van der Waals surface area (Å²) in [6, 6.07) is 8.49. The number of hydrogen-bond donors (Lipinski definition) is 0. The van der Waals surface area contributed by atoms with Crippen molar-refractivity contribution in [1.82, 2.24) is 9.55 Å². The molecule has 0 aliphatic carbocycles. The average Bonchev–Trinajstić information content (AvgIpc) is 2.70. The van der Waals surface area contributed by atoms with Crippen LogP contribution in [0.3, 0.4) is 0 Å². The molecule has 0 aliphatic heterocycles. The van der Waals surface area contributed by atoms with Gasteiger partial charge in [0.2, 0.25) is 0 Å².